The van der Waals surface area contributed by atoms with Crippen molar-refractivity contribution in [3.8, 4) is 6.07 Å². The van der Waals surface area contributed by atoms with Gasteiger partial charge in [-0.2, -0.15) is 5.26 Å². The van der Waals surface area contributed by atoms with E-state index in [4.69, 9.17) is 9.68 Å². The number of hydrogen-bond donors (Lipinski definition) is 1. The fraction of sp³-hybridized carbons (Fsp3) is 0.231. The van der Waals surface area contributed by atoms with Crippen LogP contribution >= 0.6 is 0 Å². The number of amides is 1. The van der Waals surface area contributed by atoms with Gasteiger partial charge in [0.15, 0.2) is 0 Å². The monoisotopic (exact) mass is 243 g/mol. The van der Waals surface area contributed by atoms with Crippen LogP contribution in [-0.4, -0.2) is 10.5 Å². The number of hydrogen-bond acceptors (Lipinski definition) is 3. The average Bonchev–Trinajstić information content (AvgIpc) is 3.05. The number of rotatable bonds is 4. The minimum absolute atomic E-state index is 0.154. The Balaban J connectivity index is 1.99. The van der Waals surface area contributed by atoms with Gasteiger partial charge in [-0.15, -0.1) is 0 Å². The summed E-state index contributed by atoms with van der Waals surface area (Å²) in [6.07, 6.45) is 3.28. The average molecular weight is 243 g/mol. The number of carbonyl (C=O) groups excluding carboxylic acids is 1. The van der Waals surface area contributed by atoms with Crippen molar-refractivity contribution in [1.82, 2.24) is 9.88 Å². The van der Waals surface area contributed by atoms with Gasteiger partial charge in [-0.3, -0.25) is 4.79 Å². The molecule has 1 N–H and O–H groups in total. The number of carbonyl (C=O) groups is 1. The van der Waals surface area contributed by atoms with E-state index in [0.29, 0.717) is 18.0 Å². The van der Waals surface area contributed by atoms with Crippen molar-refractivity contribution in [3.63, 3.8) is 0 Å². The Kier molecular flexibility index (Phi) is 3.49. The molecule has 18 heavy (non-hydrogen) atoms. The summed E-state index contributed by atoms with van der Waals surface area (Å²) < 4.78 is 6.76. The zero-order valence-electron chi connectivity index (χ0n) is 9.96. The molecule has 5 heteroatoms. The van der Waals surface area contributed by atoms with Crippen LogP contribution < -0.4 is 5.32 Å². The molecule has 0 aliphatic carbocycles. The van der Waals surface area contributed by atoms with E-state index < -0.39 is 6.04 Å². The normalized spacial score (nSPS) is 11.8. The van der Waals surface area contributed by atoms with Crippen molar-refractivity contribution < 1.29 is 9.21 Å². The second-order valence-corrected chi connectivity index (χ2v) is 3.89. The molecule has 0 fully saturated rings. The van der Waals surface area contributed by atoms with E-state index in [9.17, 15) is 4.79 Å². The van der Waals surface area contributed by atoms with Crippen molar-refractivity contribution in [2.45, 2.75) is 19.5 Å². The third-order valence-corrected chi connectivity index (χ3v) is 2.71. The lowest BCUT2D eigenvalue weighted by atomic mass is 10.3. The van der Waals surface area contributed by atoms with Crippen LogP contribution in [-0.2, 0) is 11.3 Å². The van der Waals surface area contributed by atoms with E-state index >= 15 is 0 Å². The van der Waals surface area contributed by atoms with Crippen molar-refractivity contribution >= 4 is 5.91 Å². The summed E-state index contributed by atoms with van der Waals surface area (Å²) >= 11 is 0. The molecule has 0 saturated heterocycles. The van der Waals surface area contributed by atoms with Crippen LogP contribution in [0.25, 0.3) is 0 Å². The van der Waals surface area contributed by atoms with Gasteiger partial charge in [-0.25, -0.2) is 0 Å². The molecule has 5 nitrogen and oxygen atoms in total. The highest BCUT2D eigenvalue weighted by Crippen LogP contribution is 2.11. The SMILES string of the molecule is CC(C(=O)NCc1ccco1)n1cccc1C#N. The molecule has 2 rings (SSSR count). The fourth-order valence-electron chi connectivity index (χ4n) is 1.69. The van der Waals surface area contributed by atoms with Crippen molar-refractivity contribution in [1.29, 1.82) is 5.26 Å². The first-order chi connectivity index (χ1) is 8.72. The summed E-state index contributed by atoms with van der Waals surface area (Å²) in [5, 5.41) is 11.7. The van der Waals surface area contributed by atoms with Gasteiger partial charge in [0.1, 0.15) is 23.6 Å². The van der Waals surface area contributed by atoms with Crippen molar-refractivity contribution in [3.05, 3.63) is 48.2 Å². The zero-order chi connectivity index (χ0) is 13.0. The summed E-state index contributed by atoms with van der Waals surface area (Å²) in [6.45, 7) is 2.09. The van der Waals surface area contributed by atoms with E-state index in [-0.39, 0.29) is 5.91 Å². The number of nitrogens with zero attached hydrogens (tertiary/aromatic N) is 2. The quantitative estimate of drug-likeness (QED) is 0.890. The second-order valence-electron chi connectivity index (χ2n) is 3.89. The predicted molar refractivity (Wildman–Crippen MR) is 64.4 cm³/mol. The van der Waals surface area contributed by atoms with Gasteiger partial charge in [0.2, 0.25) is 5.91 Å². The lowest BCUT2D eigenvalue weighted by Crippen LogP contribution is -2.30. The maximum atomic E-state index is 11.9. The Morgan fingerprint density at radius 2 is 2.39 bits per heavy atom. The van der Waals surface area contributed by atoms with Gasteiger partial charge in [0.05, 0.1) is 12.8 Å². The molecule has 1 unspecified atom stereocenters. The van der Waals surface area contributed by atoms with Crippen molar-refractivity contribution in [2.24, 2.45) is 0 Å². The number of aromatic nitrogens is 1. The molecule has 0 saturated carbocycles. The van der Waals surface area contributed by atoms with Crippen LogP contribution in [0.15, 0.2) is 41.1 Å². The molecule has 92 valence electrons. The van der Waals surface area contributed by atoms with E-state index in [2.05, 4.69) is 5.32 Å². The lowest BCUT2D eigenvalue weighted by Gasteiger charge is -2.14. The molecular formula is C13H13N3O2. The Morgan fingerprint density at radius 1 is 1.56 bits per heavy atom. The molecule has 1 amide bonds. The van der Waals surface area contributed by atoms with E-state index in [1.165, 1.54) is 0 Å². The maximum absolute atomic E-state index is 11.9. The summed E-state index contributed by atoms with van der Waals surface area (Å²) in [4.78, 5) is 11.9. The van der Waals surface area contributed by atoms with Gasteiger partial charge in [-0.05, 0) is 31.2 Å². The molecule has 1 atom stereocenters. The summed E-state index contributed by atoms with van der Waals surface area (Å²) in [7, 11) is 0. The van der Waals surface area contributed by atoms with Crippen LogP contribution in [0, 0.1) is 11.3 Å². The topological polar surface area (TPSA) is 71.0 Å². The number of nitrogens with one attached hydrogen (secondary N) is 1. The lowest BCUT2D eigenvalue weighted by molar-refractivity contribution is -0.124. The maximum Gasteiger partial charge on any atom is 0.243 e. The molecule has 0 aromatic carbocycles. The Hall–Kier alpha value is -2.48. The van der Waals surface area contributed by atoms with Gasteiger partial charge >= 0.3 is 0 Å². The van der Waals surface area contributed by atoms with Crippen LogP contribution in [0.5, 0.6) is 0 Å². The molecule has 2 aromatic rings. The molecule has 0 spiro atoms. The molecular weight excluding hydrogens is 230 g/mol. The highest BCUT2D eigenvalue weighted by Gasteiger charge is 2.16. The highest BCUT2D eigenvalue weighted by molar-refractivity contribution is 5.80. The minimum Gasteiger partial charge on any atom is -0.467 e. The molecule has 2 aromatic heterocycles. The first-order valence-electron chi connectivity index (χ1n) is 5.59. The van der Waals surface area contributed by atoms with E-state index in [1.54, 1.807) is 48.2 Å². The largest absolute Gasteiger partial charge is 0.467 e. The molecule has 2 heterocycles. The standard InChI is InChI=1S/C13H13N3O2/c1-10(16-6-2-4-11(16)8-14)13(17)15-9-12-5-3-7-18-12/h2-7,10H,9H2,1H3,(H,15,17). The van der Waals surface area contributed by atoms with Crippen LogP contribution in [0.2, 0.25) is 0 Å². The van der Waals surface area contributed by atoms with Gasteiger partial charge in [0.25, 0.3) is 0 Å². The molecule has 0 radical (unpaired) electrons. The summed E-state index contributed by atoms with van der Waals surface area (Å²) in [5.74, 6) is 0.544. The first-order valence-corrected chi connectivity index (χ1v) is 5.59. The Morgan fingerprint density at radius 3 is 3.06 bits per heavy atom. The number of furan rings is 1. The summed E-state index contributed by atoms with van der Waals surface area (Å²) in [5.41, 5.74) is 0.468. The van der Waals surface area contributed by atoms with E-state index in [0.717, 1.165) is 0 Å². The summed E-state index contributed by atoms with van der Waals surface area (Å²) in [6, 6.07) is 8.60. The fourth-order valence-corrected chi connectivity index (χ4v) is 1.69. The molecule has 0 aliphatic rings. The van der Waals surface area contributed by atoms with E-state index in [1.807, 2.05) is 6.07 Å². The minimum atomic E-state index is -0.426. The molecule has 0 bridgehead atoms. The second kappa shape index (κ2) is 5.23. The Bertz CT molecular complexity index is 563. The predicted octanol–water partition coefficient (Wildman–Crippen LogP) is 1.83. The van der Waals surface area contributed by atoms with Crippen LogP contribution in [0.3, 0.4) is 0 Å². The smallest absolute Gasteiger partial charge is 0.243 e. The van der Waals surface area contributed by atoms with Gasteiger partial charge in [-0.1, -0.05) is 0 Å². The first kappa shape index (κ1) is 12.0. The van der Waals surface area contributed by atoms with Crippen molar-refractivity contribution in [2.75, 3.05) is 0 Å². The Labute approximate surface area is 105 Å². The zero-order valence-corrected chi connectivity index (χ0v) is 9.96. The third-order valence-electron chi connectivity index (χ3n) is 2.71. The van der Waals surface area contributed by atoms with Crippen LogP contribution in [0.4, 0.5) is 0 Å². The van der Waals surface area contributed by atoms with Gasteiger partial charge in [0, 0.05) is 6.20 Å². The van der Waals surface area contributed by atoms with Gasteiger partial charge < -0.3 is 14.3 Å². The molecule has 0 aliphatic heterocycles. The highest BCUT2D eigenvalue weighted by atomic mass is 16.3. The number of nitriles is 1. The third kappa shape index (κ3) is 2.43. The van der Waals surface area contributed by atoms with Crippen LogP contribution in [0.1, 0.15) is 24.4 Å².